The lowest BCUT2D eigenvalue weighted by Crippen LogP contribution is -2.40. The maximum atomic E-state index is 11.4. The third-order valence-electron chi connectivity index (χ3n) is 3.17. The predicted molar refractivity (Wildman–Crippen MR) is 67.2 cm³/mol. The first kappa shape index (κ1) is 15.4. The lowest BCUT2D eigenvalue weighted by molar-refractivity contribution is -0.138. The zero-order chi connectivity index (χ0) is 13.6. The highest BCUT2D eigenvalue weighted by Gasteiger charge is 2.32. The van der Waals surface area contributed by atoms with Gasteiger partial charge in [-0.2, -0.15) is 0 Å². The van der Waals surface area contributed by atoms with E-state index < -0.39 is 15.8 Å². The fourth-order valence-corrected chi connectivity index (χ4v) is 3.99. The first-order valence-electron chi connectivity index (χ1n) is 6.22. The molecule has 0 aromatic carbocycles. The van der Waals surface area contributed by atoms with E-state index in [1.807, 2.05) is 0 Å². The standard InChI is InChI=1S/C11H21NO5S/c13-6-3-1-2-5-12(8-11(14)15)10-4-7-18(16,17)9-10/h10,13H,1-9H2,(H,14,15). The fraction of sp³-hybridized carbons (Fsp3) is 0.909. The number of aliphatic carboxylic acids is 1. The molecule has 0 aliphatic carbocycles. The van der Waals surface area contributed by atoms with Crippen molar-refractivity contribution in [2.45, 2.75) is 31.7 Å². The van der Waals surface area contributed by atoms with E-state index >= 15 is 0 Å². The number of hydrogen-bond acceptors (Lipinski definition) is 5. The number of carboxylic acid groups (broad SMARTS) is 1. The van der Waals surface area contributed by atoms with Crippen LogP contribution in [0.15, 0.2) is 0 Å². The Bertz CT molecular complexity index is 368. The molecule has 1 fully saturated rings. The first-order valence-corrected chi connectivity index (χ1v) is 8.04. The monoisotopic (exact) mass is 279 g/mol. The van der Waals surface area contributed by atoms with E-state index in [0.717, 1.165) is 12.8 Å². The molecule has 1 heterocycles. The molecule has 0 spiro atoms. The van der Waals surface area contributed by atoms with Gasteiger partial charge >= 0.3 is 5.97 Å². The van der Waals surface area contributed by atoms with Gasteiger partial charge in [0.1, 0.15) is 0 Å². The molecule has 6 nitrogen and oxygen atoms in total. The van der Waals surface area contributed by atoms with E-state index in [0.29, 0.717) is 19.4 Å². The largest absolute Gasteiger partial charge is 0.480 e. The van der Waals surface area contributed by atoms with Crippen molar-refractivity contribution in [1.82, 2.24) is 4.90 Å². The number of carbonyl (C=O) groups is 1. The molecule has 1 unspecified atom stereocenters. The number of hydrogen-bond donors (Lipinski definition) is 2. The van der Waals surface area contributed by atoms with Gasteiger partial charge in [-0.15, -0.1) is 0 Å². The van der Waals surface area contributed by atoms with Gasteiger partial charge < -0.3 is 10.2 Å². The van der Waals surface area contributed by atoms with Gasteiger partial charge in [0.25, 0.3) is 0 Å². The second-order valence-electron chi connectivity index (χ2n) is 4.71. The number of nitrogens with zero attached hydrogens (tertiary/aromatic N) is 1. The summed E-state index contributed by atoms with van der Waals surface area (Å²) < 4.78 is 22.8. The summed E-state index contributed by atoms with van der Waals surface area (Å²) in [5, 5.41) is 17.5. The van der Waals surface area contributed by atoms with Gasteiger partial charge in [-0.25, -0.2) is 8.42 Å². The Labute approximate surface area is 108 Å². The normalized spacial score (nSPS) is 22.4. The summed E-state index contributed by atoms with van der Waals surface area (Å²) in [4.78, 5) is 12.5. The predicted octanol–water partition coefficient (Wildman–Crippen LogP) is -0.277. The van der Waals surface area contributed by atoms with Gasteiger partial charge in [-0.05, 0) is 32.2 Å². The Morgan fingerprint density at radius 1 is 1.28 bits per heavy atom. The Morgan fingerprint density at radius 3 is 2.50 bits per heavy atom. The minimum Gasteiger partial charge on any atom is -0.480 e. The molecule has 0 saturated carbocycles. The van der Waals surface area contributed by atoms with Crippen LogP contribution in [0.25, 0.3) is 0 Å². The number of rotatable bonds is 8. The quantitative estimate of drug-likeness (QED) is 0.594. The molecule has 0 aromatic rings. The van der Waals surface area contributed by atoms with Gasteiger partial charge in [0.15, 0.2) is 9.84 Å². The number of sulfone groups is 1. The van der Waals surface area contributed by atoms with E-state index in [1.54, 1.807) is 4.90 Å². The number of aliphatic hydroxyl groups is 1. The zero-order valence-electron chi connectivity index (χ0n) is 10.4. The van der Waals surface area contributed by atoms with E-state index in [9.17, 15) is 13.2 Å². The smallest absolute Gasteiger partial charge is 0.317 e. The highest BCUT2D eigenvalue weighted by molar-refractivity contribution is 7.91. The van der Waals surface area contributed by atoms with Gasteiger partial charge in [-0.1, -0.05) is 0 Å². The van der Waals surface area contributed by atoms with E-state index in [1.165, 1.54) is 0 Å². The summed E-state index contributed by atoms with van der Waals surface area (Å²) in [6, 6.07) is -0.166. The van der Waals surface area contributed by atoms with Gasteiger partial charge in [0, 0.05) is 12.6 Å². The molecule has 0 aromatic heterocycles. The summed E-state index contributed by atoms with van der Waals surface area (Å²) in [5.74, 6) is -0.702. The Morgan fingerprint density at radius 2 is 2.00 bits per heavy atom. The molecule has 1 saturated heterocycles. The lowest BCUT2D eigenvalue weighted by atomic mass is 10.2. The van der Waals surface area contributed by atoms with Crippen molar-refractivity contribution < 1.29 is 23.4 Å². The molecule has 1 aliphatic heterocycles. The van der Waals surface area contributed by atoms with Crippen molar-refractivity contribution in [2.75, 3.05) is 31.2 Å². The summed E-state index contributed by atoms with van der Waals surface area (Å²) >= 11 is 0. The molecule has 7 heteroatoms. The molecule has 106 valence electrons. The number of unbranched alkanes of at least 4 members (excludes halogenated alkanes) is 2. The zero-order valence-corrected chi connectivity index (χ0v) is 11.2. The van der Waals surface area contributed by atoms with Crippen molar-refractivity contribution in [2.24, 2.45) is 0 Å². The highest BCUT2D eigenvalue weighted by Crippen LogP contribution is 2.18. The topological polar surface area (TPSA) is 94.9 Å². The first-order chi connectivity index (χ1) is 8.44. The molecule has 1 atom stereocenters. The number of aliphatic hydroxyl groups excluding tert-OH is 1. The molecule has 1 rings (SSSR count). The van der Waals surface area contributed by atoms with Gasteiger partial charge in [-0.3, -0.25) is 9.69 Å². The Kier molecular flexibility index (Phi) is 6.04. The average molecular weight is 279 g/mol. The van der Waals surface area contributed by atoms with Crippen LogP contribution >= 0.6 is 0 Å². The molecule has 2 N–H and O–H groups in total. The molecule has 0 radical (unpaired) electrons. The summed E-state index contributed by atoms with van der Waals surface area (Å²) in [6.07, 6.45) is 2.83. The maximum absolute atomic E-state index is 11.4. The van der Waals surface area contributed by atoms with Crippen LogP contribution in [0.5, 0.6) is 0 Å². The molecular weight excluding hydrogens is 258 g/mol. The third-order valence-corrected chi connectivity index (χ3v) is 4.92. The minimum atomic E-state index is -2.99. The Balaban J connectivity index is 2.48. The maximum Gasteiger partial charge on any atom is 0.317 e. The molecule has 0 bridgehead atoms. The van der Waals surface area contributed by atoms with Crippen molar-refractivity contribution in [3.63, 3.8) is 0 Å². The summed E-state index contributed by atoms with van der Waals surface area (Å²) in [7, 11) is -2.99. The van der Waals surface area contributed by atoms with E-state index in [-0.39, 0.29) is 30.7 Å². The molecular formula is C11H21NO5S. The third kappa shape index (κ3) is 5.32. The SMILES string of the molecule is O=C(O)CN(CCCCCO)C1CCS(=O)(=O)C1. The van der Waals surface area contributed by atoms with Crippen molar-refractivity contribution in [3.05, 3.63) is 0 Å². The van der Waals surface area contributed by atoms with Crippen LogP contribution in [0.3, 0.4) is 0 Å². The number of carboxylic acids is 1. The fourth-order valence-electron chi connectivity index (χ4n) is 2.23. The average Bonchev–Trinajstić information content (AvgIpc) is 2.63. The van der Waals surface area contributed by atoms with Crippen LogP contribution in [0.2, 0.25) is 0 Å². The minimum absolute atomic E-state index is 0.0697. The summed E-state index contributed by atoms with van der Waals surface area (Å²) in [5.41, 5.74) is 0. The van der Waals surface area contributed by atoms with Crippen LogP contribution in [-0.4, -0.2) is 66.7 Å². The van der Waals surface area contributed by atoms with Gasteiger partial charge in [0.2, 0.25) is 0 Å². The van der Waals surface area contributed by atoms with Crippen LogP contribution in [0.4, 0.5) is 0 Å². The van der Waals surface area contributed by atoms with Crippen molar-refractivity contribution in [3.8, 4) is 0 Å². The molecule has 0 amide bonds. The second kappa shape index (κ2) is 7.06. The van der Waals surface area contributed by atoms with E-state index in [4.69, 9.17) is 10.2 Å². The van der Waals surface area contributed by atoms with Crippen molar-refractivity contribution >= 4 is 15.8 Å². The molecule has 18 heavy (non-hydrogen) atoms. The Hall–Kier alpha value is -0.660. The van der Waals surface area contributed by atoms with Crippen molar-refractivity contribution in [1.29, 1.82) is 0 Å². The molecule has 1 aliphatic rings. The van der Waals surface area contributed by atoms with Crippen LogP contribution in [0.1, 0.15) is 25.7 Å². The lowest BCUT2D eigenvalue weighted by Gasteiger charge is -2.26. The van der Waals surface area contributed by atoms with Crippen LogP contribution in [-0.2, 0) is 14.6 Å². The summed E-state index contributed by atoms with van der Waals surface area (Å²) in [6.45, 7) is 0.600. The van der Waals surface area contributed by atoms with Crippen LogP contribution in [0, 0.1) is 0 Å². The van der Waals surface area contributed by atoms with Gasteiger partial charge in [0.05, 0.1) is 18.1 Å². The highest BCUT2D eigenvalue weighted by atomic mass is 32.2. The van der Waals surface area contributed by atoms with E-state index in [2.05, 4.69) is 0 Å². The van der Waals surface area contributed by atoms with Crippen LogP contribution < -0.4 is 0 Å². The second-order valence-corrected chi connectivity index (χ2v) is 6.93.